The number of aryl methyl sites for hydroxylation is 1. The summed E-state index contributed by atoms with van der Waals surface area (Å²) in [6.07, 6.45) is 1.74. The van der Waals surface area contributed by atoms with Gasteiger partial charge in [0.2, 0.25) is 11.8 Å². The average molecular weight is 322 g/mol. The molecule has 0 aliphatic heterocycles. The molecule has 0 saturated carbocycles. The third-order valence-electron chi connectivity index (χ3n) is 3.38. The van der Waals surface area contributed by atoms with Crippen LogP contribution < -0.4 is 10.8 Å². The van der Waals surface area contributed by atoms with Crippen LogP contribution in [-0.2, 0) is 20.8 Å². The van der Waals surface area contributed by atoms with Crippen molar-refractivity contribution in [1.82, 2.24) is 10.8 Å². The molecule has 0 radical (unpaired) electrons. The molecular formula is C16H22N2O5. The van der Waals surface area contributed by atoms with Gasteiger partial charge in [-0.15, -0.1) is 0 Å². The van der Waals surface area contributed by atoms with Crippen LogP contribution in [0.25, 0.3) is 0 Å². The number of carbonyl (C=O) groups is 3. The van der Waals surface area contributed by atoms with E-state index in [-0.39, 0.29) is 6.42 Å². The molecule has 4 N–H and O–H groups in total. The van der Waals surface area contributed by atoms with Gasteiger partial charge in [-0.2, -0.15) is 0 Å². The van der Waals surface area contributed by atoms with E-state index in [4.69, 9.17) is 10.3 Å². The van der Waals surface area contributed by atoms with Crippen molar-refractivity contribution in [2.24, 2.45) is 5.92 Å². The van der Waals surface area contributed by atoms with Gasteiger partial charge in [-0.05, 0) is 24.8 Å². The first kappa shape index (κ1) is 18.6. The van der Waals surface area contributed by atoms with Crippen LogP contribution in [0, 0.1) is 5.92 Å². The monoisotopic (exact) mass is 322 g/mol. The molecule has 23 heavy (non-hydrogen) atoms. The first-order valence-corrected chi connectivity index (χ1v) is 7.49. The average Bonchev–Trinajstić information content (AvgIpc) is 2.54. The summed E-state index contributed by atoms with van der Waals surface area (Å²) in [6, 6.07) is 9.97. The van der Waals surface area contributed by atoms with Crippen LogP contribution in [0.5, 0.6) is 0 Å². The molecule has 0 heterocycles. The number of hydrogen-bond acceptors (Lipinski definition) is 4. The molecular weight excluding hydrogens is 300 g/mol. The predicted octanol–water partition coefficient (Wildman–Crippen LogP) is 1.11. The summed E-state index contributed by atoms with van der Waals surface area (Å²) in [7, 11) is 0. The molecule has 0 bridgehead atoms. The zero-order valence-electron chi connectivity index (χ0n) is 12.8. The molecule has 1 aromatic rings. The molecule has 0 aliphatic carbocycles. The van der Waals surface area contributed by atoms with E-state index < -0.39 is 30.1 Å². The van der Waals surface area contributed by atoms with E-state index in [1.165, 1.54) is 11.0 Å². The van der Waals surface area contributed by atoms with E-state index in [1.54, 1.807) is 0 Å². The van der Waals surface area contributed by atoms with Gasteiger partial charge in [0.05, 0.1) is 12.3 Å². The minimum absolute atomic E-state index is 0.362. The summed E-state index contributed by atoms with van der Waals surface area (Å²) >= 11 is 0. The number of rotatable bonds is 10. The molecule has 0 aliphatic rings. The second-order valence-electron chi connectivity index (χ2n) is 5.27. The number of benzene rings is 1. The maximum Gasteiger partial charge on any atom is 0.304 e. The van der Waals surface area contributed by atoms with E-state index in [0.717, 1.165) is 19.3 Å². The van der Waals surface area contributed by atoms with Crippen molar-refractivity contribution in [3.8, 4) is 0 Å². The van der Waals surface area contributed by atoms with Crippen LogP contribution in [0.4, 0.5) is 0 Å². The quantitative estimate of drug-likeness (QED) is 0.292. The lowest BCUT2D eigenvalue weighted by Gasteiger charge is -2.14. The normalized spacial score (nSPS) is 11.5. The summed E-state index contributed by atoms with van der Waals surface area (Å²) in [5.41, 5.74) is 2.63. The minimum Gasteiger partial charge on any atom is -0.481 e. The zero-order valence-corrected chi connectivity index (χ0v) is 12.8. The molecule has 0 spiro atoms. The van der Waals surface area contributed by atoms with Gasteiger partial charge in [0.25, 0.3) is 0 Å². The lowest BCUT2D eigenvalue weighted by molar-refractivity contribution is -0.142. The maximum absolute atomic E-state index is 11.9. The van der Waals surface area contributed by atoms with Crippen molar-refractivity contribution >= 4 is 17.8 Å². The summed E-state index contributed by atoms with van der Waals surface area (Å²) in [6.45, 7) is 0.419. The number of hydroxylamine groups is 1. The van der Waals surface area contributed by atoms with Crippen molar-refractivity contribution in [3.05, 3.63) is 35.9 Å². The molecule has 1 atom stereocenters. The number of carboxylic acids is 1. The second-order valence-corrected chi connectivity index (χ2v) is 5.27. The highest BCUT2D eigenvalue weighted by atomic mass is 16.5. The summed E-state index contributed by atoms with van der Waals surface area (Å²) in [5, 5.41) is 19.9. The number of amides is 2. The Morgan fingerprint density at radius 1 is 1.04 bits per heavy atom. The number of nitrogens with one attached hydrogen (secondary N) is 2. The molecule has 7 heteroatoms. The fraction of sp³-hybridized carbons (Fsp3) is 0.438. The molecule has 1 rings (SSSR count). The Balaban J connectivity index is 2.31. The van der Waals surface area contributed by atoms with Gasteiger partial charge >= 0.3 is 5.97 Å². The van der Waals surface area contributed by atoms with Gasteiger partial charge < -0.3 is 10.4 Å². The van der Waals surface area contributed by atoms with Crippen molar-refractivity contribution in [3.63, 3.8) is 0 Å². The van der Waals surface area contributed by atoms with Crippen molar-refractivity contribution in [1.29, 1.82) is 0 Å². The molecule has 0 saturated heterocycles. The van der Waals surface area contributed by atoms with Crippen LogP contribution >= 0.6 is 0 Å². The molecule has 7 nitrogen and oxygen atoms in total. The van der Waals surface area contributed by atoms with Crippen molar-refractivity contribution in [2.75, 3.05) is 6.54 Å². The van der Waals surface area contributed by atoms with Crippen LogP contribution in [0.2, 0.25) is 0 Å². The molecule has 1 unspecified atom stereocenters. The maximum atomic E-state index is 11.9. The van der Waals surface area contributed by atoms with Gasteiger partial charge in [0.15, 0.2) is 0 Å². The van der Waals surface area contributed by atoms with Gasteiger partial charge in [-0.3, -0.25) is 19.6 Å². The summed E-state index contributed by atoms with van der Waals surface area (Å²) in [4.78, 5) is 33.8. The molecule has 126 valence electrons. The van der Waals surface area contributed by atoms with Gasteiger partial charge in [0.1, 0.15) is 0 Å². The van der Waals surface area contributed by atoms with Crippen molar-refractivity contribution in [2.45, 2.75) is 32.1 Å². The molecule has 2 amide bonds. The van der Waals surface area contributed by atoms with Crippen LogP contribution in [-0.4, -0.2) is 34.6 Å². The van der Waals surface area contributed by atoms with Gasteiger partial charge in [-0.25, -0.2) is 5.48 Å². The smallest absolute Gasteiger partial charge is 0.304 e. The van der Waals surface area contributed by atoms with E-state index in [1.807, 2.05) is 30.3 Å². The lowest BCUT2D eigenvalue weighted by atomic mass is 10.00. The Morgan fingerprint density at radius 2 is 1.74 bits per heavy atom. The Hall–Kier alpha value is -2.41. The predicted molar refractivity (Wildman–Crippen MR) is 82.7 cm³/mol. The van der Waals surface area contributed by atoms with Gasteiger partial charge in [0, 0.05) is 13.0 Å². The number of aliphatic carboxylic acids is 1. The van der Waals surface area contributed by atoms with E-state index in [9.17, 15) is 14.4 Å². The standard InChI is InChI=1S/C16H22N2O5/c19-14(18-23)10-13(11-15(20)21)16(22)17-9-5-4-8-12-6-2-1-3-7-12/h1-3,6-7,13,23H,4-5,8-11H2,(H,17,22)(H,18,19)(H,20,21). The Labute approximate surface area is 134 Å². The highest BCUT2D eigenvalue weighted by molar-refractivity contribution is 5.88. The van der Waals surface area contributed by atoms with Crippen LogP contribution in [0.3, 0.4) is 0 Å². The molecule has 0 aromatic heterocycles. The van der Waals surface area contributed by atoms with E-state index in [2.05, 4.69) is 5.32 Å². The SMILES string of the molecule is O=C(O)CC(CC(=O)NO)C(=O)NCCCCc1ccccc1. The highest BCUT2D eigenvalue weighted by Crippen LogP contribution is 2.09. The zero-order chi connectivity index (χ0) is 17.1. The molecule has 0 fully saturated rings. The summed E-state index contributed by atoms with van der Waals surface area (Å²) in [5.74, 6) is -3.43. The minimum atomic E-state index is -1.17. The number of carbonyl (C=O) groups excluding carboxylic acids is 2. The first-order valence-electron chi connectivity index (χ1n) is 7.49. The first-order chi connectivity index (χ1) is 11.0. The number of hydrogen-bond donors (Lipinski definition) is 4. The largest absolute Gasteiger partial charge is 0.481 e. The fourth-order valence-corrected chi connectivity index (χ4v) is 2.19. The Bertz CT molecular complexity index is 518. The lowest BCUT2D eigenvalue weighted by Crippen LogP contribution is -2.36. The van der Waals surface area contributed by atoms with E-state index >= 15 is 0 Å². The van der Waals surface area contributed by atoms with Crippen molar-refractivity contribution < 1.29 is 24.7 Å². The third-order valence-corrected chi connectivity index (χ3v) is 3.38. The summed E-state index contributed by atoms with van der Waals surface area (Å²) < 4.78 is 0. The van der Waals surface area contributed by atoms with Crippen LogP contribution in [0.15, 0.2) is 30.3 Å². The Kier molecular flexibility index (Phi) is 8.38. The topological polar surface area (TPSA) is 116 Å². The van der Waals surface area contributed by atoms with E-state index in [0.29, 0.717) is 6.54 Å². The Morgan fingerprint density at radius 3 is 2.35 bits per heavy atom. The van der Waals surface area contributed by atoms with Gasteiger partial charge in [-0.1, -0.05) is 30.3 Å². The van der Waals surface area contributed by atoms with Crippen LogP contribution in [0.1, 0.15) is 31.2 Å². The molecule has 1 aromatic carbocycles. The number of unbranched alkanes of at least 4 members (excludes halogenated alkanes) is 1. The third kappa shape index (κ3) is 7.96. The number of carboxylic acid groups (broad SMARTS) is 1. The highest BCUT2D eigenvalue weighted by Gasteiger charge is 2.24. The fourth-order valence-electron chi connectivity index (χ4n) is 2.19. The second kappa shape index (κ2) is 10.3.